The summed E-state index contributed by atoms with van der Waals surface area (Å²) in [5.41, 5.74) is 8.89. The highest BCUT2D eigenvalue weighted by Crippen LogP contribution is 2.15. The molecule has 0 aliphatic heterocycles. The first-order valence-corrected chi connectivity index (χ1v) is 10.8. The molecule has 2 rings (SSSR count). The van der Waals surface area contributed by atoms with Gasteiger partial charge in [0, 0.05) is 37.6 Å². The zero-order chi connectivity index (χ0) is 23.5. The number of hydrogen-bond acceptors (Lipinski definition) is 6. The van der Waals surface area contributed by atoms with Gasteiger partial charge in [0.25, 0.3) is 0 Å². The largest absolute Gasteiger partial charge is 0.372 e. The van der Waals surface area contributed by atoms with Gasteiger partial charge in [0.1, 0.15) is 0 Å². The summed E-state index contributed by atoms with van der Waals surface area (Å²) in [6.45, 7) is 12.0. The lowest BCUT2D eigenvalue weighted by Gasteiger charge is -2.20. The fraction of sp³-hybridized carbons (Fsp3) is 0.333. The number of carbonyl (C=O) groups is 2. The van der Waals surface area contributed by atoms with Crippen LogP contribution in [0, 0.1) is 0 Å². The minimum atomic E-state index is -1.13. The van der Waals surface area contributed by atoms with Gasteiger partial charge in [-0.3, -0.25) is 9.59 Å². The molecule has 0 bridgehead atoms. The molecule has 0 unspecified atom stereocenters. The van der Waals surface area contributed by atoms with Crippen molar-refractivity contribution in [2.75, 3.05) is 36.0 Å². The number of amides is 2. The van der Waals surface area contributed by atoms with Crippen molar-refractivity contribution in [2.45, 2.75) is 27.7 Å². The van der Waals surface area contributed by atoms with E-state index >= 15 is 0 Å². The Hall–Kier alpha value is -3.68. The fourth-order valence-electron chi connectivity index (χ4n) is 3.20. The number of nitrogens with two attached hydrogens (primary N) is 1. The fourth-order valence-corrected chi connectivity index (χ4v) is 3.20. The van der Waals surface area contributed by atoms with E-state index in [1.807, 2.05) is 48.5 Å². The second kappa shape index (κ2) is 12.2. The van der Waals surface area contributed by atoms with Gasteiger partial charge in [-0.2, -0.15) is 10.2 Å². The number of hydrazone groups is 2. The van der Waals surface area contributed by atoms with Crippen molar-refractivity contribution < 1.29 is 9.59 Å². The molecular weight excluding hydrogens is 404 g/mol. The predicted molar refractivity (Wildman–Crippen MR) is 131 cm³/mol. The lowest BCUT2D eigenvalue weighted by atomic mass is 10.2. The van der Waals surface area contributed by atoms with Crippen LogP contribution in [0.25, 0.3) is 0 Å². The van der Waals surface area contributed by atoms with E-state index in [2.05, 4.69) is 47.7 Å². The molecule has 2 amide bonds. The van der Waals surface area contributed by atoms with Crippen molar-refractivity contribution in [2.24, 2.45) is 15.9 Å². The molecule has 8 heteroatoms. The minimum absolute atomic E-state index is 0.707. The van der Waals surface area contributed by atoms with Crippen molar-refractivity contribution in [1.82, 2.24) is 5.12 Å². The number of carbonyl (C=O) groups excluding carboxylic acids is 2. The molecule has 0 fully saturated rings. The number of rotatable bonds is 10. The molecule has 8 nitrogen and oxygen atoms in total. The zero-order valence-electron chi connectivity index (χ0n) is 19.2. The van der Waals surface area contributed by atoms with Gasteiger partial charge in [0.2, 0.25) is 0 Å². The molecule has 0 aliphatic carbocycles. The molecule has 0 heterocycles. The van der Waals surface area contributed by atoms with Crippen LogP contribution < -0.4 is 15.5 Å². The van der Waals surface area contributed by atoms with Crippen LogP contribution >= 0.6 is 0 Å². The van der Waals surface area contributed by atoms with Crippen LogP contribution in [0.4, 0.5) is 11.4 Å². The summed E-state index contributed by atoms with van der Waals surface area (Å²) in [6, 6.07) is 15.5. The number of primary amides is 1. The van der Waals surface area contributed by atoms with Gasteiger partial charge in [-0.1, -0.05) is 24.3 Å². The summed E-state index contributed by atoms with van der Waals surface area (Å²) in [5, 5.41) is 8.82. The second-order valence-electron chi connectivity index (χ2n) is 6.98. The summed E-state index contributed by atoms with van der Waals surface area (Å²) in [6.07, 6.45) is 2.93. The Morgan fingerprint density at radius 3 is 1.34 bits per heavy atom. The average molecular weight is 437 g/mol. The Labute approximate surface area is 190 Å². The smallest absolute Gasteiger partial charge is 0.352 e. The molecule has 2 N–H and O–H groups in total. The Bertz CT molecular complexity index is 864. The maximum absolute atomic E-state index is 12.1. The van der Waals surface area contributed by atoms with E-state index in [1.165, 1.54) is 12.4 Å². The normalized spacial score (nSPS) is 11.1. The zero-order valence-corrected chi connectivity index (χ0v) is 19.2. The molecule has 2 aromatic rings. The molecular formula is C24H32N6O2. The van der Waals surface area contributed by atoms with Crippen LogP contribution in [0.1, 0.15) is 38.8 Å². The van der Waals surface area contributed by atoms with Crippen LogP contribution in [-0.2, 0) is 9.59 Å². The quantitative estimate of drug-likeness (QED) is 0.352. The van der Waals surface area contributed by atoms with Gasteiger partial charge in [-0.15, -0.1) is 5.12 Å². The molecule has 0 atom stereocenters. The third-order valence-electron chi connectivity index (χ3n) is 5.07. The van der Waals surface area contributed by atoms with E-state index in [-0.39, 0.29) is 0 Å². The monoisotopic (exact) mass is 436 g/mol. The topological polar surface area (TPSA) is 94.6 Å². The van der Waals surface area contributed by atoms with Gasteiger partial charge < -0.3 is 15.5 Å². The van der Waals surface area contributed by atoms with Crippen LogP contribution in [0.15, 0.2) is 58.7 Å². The molecule has 170 valence electrons. The average Bonchev–Trinajstić information content (AvgIpc) is 2.82. The highest BCUT2D eigenvalue weighted by Gasteiger charge is 2.17. The first-order valence-electron chi connectivity index (χ1n) is 10.8. The first kappa shape index (κ1) is 24.6. The van der Waals surface area contributed by atoms with Gasteiger partial charge in [-0.05, 0) is 63.1 Å². The third-order valence-corrected chi connectivity index (χ3v) is 5.07. The Kier molecular flexibility index (Phi) is 9.41. The molecule has 0 aromatic heterocycles. The Morgan fingerprint density at radius 2 is 1.06 bits per heavy atom. The molecule has 0 saturated heterocycles. The van der Waals surface area contributed by atoms with Gasteiger partial charge in [-0.25, -0.2) is 0 Å². The van der Waals surface area contributed by atoms with E-state index in [9.17, 15) is 9.59 Å². The van der Waals surface area contributed by atoms with Crippen LogP contribution in [0.5, 0.6) is 0 Å². The van der Waals surface area contributed by atoms with Crippen molar-refractivity contribution in [3.05, 3.63) is 59.7 Å². The lowest BCUT2D eigenvalue weighted by molar-refractivity contribution is -0.144. The number of benzene rings is 2. The summed E-state index contributed by atoms with van der Waals surface area (Å²) < 4.78 is 0. The number of nitrogens with zero attached hydrogens (tertiary/aromatic N) is 5. The van der Waals surface area contributed by atoms with Crippen molar-refractivity contribution in [3.8, 4) is 0 Å². The standard InChI is InChI=1S/C24H32N6O2/c1-5-28(6-2)21-13-9-19(10-14-21)17-26-30(24(32)23(25)31)27-18-20-11-15-22(16-12-20)29(7-3)8-4/h9-18H,5-8H2,1-4H3,(H2,25,31)/b26-17+,27-18+. The van der Waals surface area contributed by atoms with E-state index < -0.39 is 11.8 Å². The summed E-state index contributed by atoms with van der Waals surface area (Å²) in [7, 11) is 0. The molecule has 0 aliphatic rings. The van der Waals surface area contributed by atoms with E-state index in [0.29, 0.717) is 5.12 Å². The molecule has 0 saturated carbocycles. The molecule has 32 heavy (non-hydrogen) atoms. The highest BCUT2D eigenvalue weighted by atomic mass is 16.2. The maximum atomic E-state index is 12.1. The van der Waals surface area contributed by atoms with Gasteiger partial charge in [0.15, 0.2) is 0 Å². The van der Waals surface area contributed by atoms with Crippen LogP contribution in [0.3, 0.4) is 0 Å². The van der Waals surface area contributed by atoms with E-state index in [0.717, 1.165) is 48.7 Å². The summed E-state index contributed by atoms with van der Waals surface area (Å²) >= 11 is 0. The predicted octanol–water partition coefficient (Wildman–Crippen LogP) is 3.06. The molecule has 2 aromatic carbocycles. The second-order valence-corrected chi connectivity index (χ2v) is 6.98. The third kappa shape index (κ3) is 6.66. The van der Waals surface area contributed by atoms with Crippen molar-refractivity contribution in [1.29, 1.82) is 0 Å². The van der Waals surface area contributed by atoms with Crippen LogP contribution in [-0.4, -0.2) is 55.5 Å². The first-order chi connectivity index (χ1) is 15.4. The summed E-state index contributed by atoms with van der Waals surface area (Å²) in [5.74, 6) is -2.15. The summed E-state index contributed by atoms with van der Waals surface area (Å²) in [4.78, 5) is 28.0. The molecule has 0 spiro atoms. The minimum Gasteiger partial charge on any atom is -0.372 e. The van der Waals surface area contributed by atoms with Gasteiger partial charge >= 0.3 is 11.8 Å². The van der Waals surface area contributed by atoms with Gasteiger partial charge in [0.05, 0.1) is 12.4 Å². The van der Waals surface area contributed by atoms with Crippen molar-refractivity contribution >= 4 is 35.6 Å². The van der Waals surface area contributed by atoms with E-state index in [1.54, 1.807) is 0 Å². The Balaban J connectivity index is 2.18. The SMILES string of the molecule is CCN(CC)c1ccc(/C=N/N(/N=C/c2ccc(N(CC)CC)cc2)C(=O)C(N)=O)cc1. The number of anilines is 2. The maximum Gasteiger partial charge on any atom is 0.352 e. The Morgan fingerprint density at radius 1 is 0.719 bits per heavy atom. The van der Waals surface area contributed by atoms with E-state index in [4.69, 9.17) is 5.73 Å². The number of hydrogen-bond donors (Lipinski definition) is 1. The lowest BCUT2D eigenvalue weighted by Crippen LogP contribution is -2.34. The van der Waals surface area contributed by atoms with Crippen LogP contribution in [0.2, 0.25) is 0 Å². The highest BCUT2D eigenvalue weighted by molar-refractivity contribution is 6.34. The van der Waals surface area contributed by atoms with Crippen molar-refractivity contribution in [3.63, 3.8) is 0 Å². The molecule has 0 radical (unpaired) electrons.